The molecule has 0 saturated heterocycles. The van der Waals surface area contributed by atoms with Crippen molar-refractivity contribution in [2.75, 3.05) is 6.61 Å². The first kappa shape index (κ1) is 21.1. The van der Waals surface area contributed by atoms with Gasteiger partial charge in [0.2, 0.25) is 0 Å². The molecule has 0 bridgehead atoms. The normalized spacial score (nSPS) is 10.7. The molecule has 0 unspecified atom stereocenters. The van der Waals surface area contributed by atoms with Gasteiger partial charge in [-0.2, -0.15) is 10.2 Å². The SMILES string of the molecule is CCOC(=O)c1cn(C)nc1C(F)F.Cn1cc(C(=O)O)c(C(F)F)n1. The van der Waals surface area contributed by atoms with Crippen molar-refractivity contribution in [2.24, 2.45) is 14.1 Å². The maximum absolute atomic E-state index is 12.4. The standard InChI is InChI=1S/C8H10F2N2O2.C6H6F2N2O2/c1-3-14-8(13)5-4-12(2)11-6(5)7(9)10;1-10-2-3(6(11)12)4(9-10)5(7)8/h4,7H,3H2,1-2H3;2,5H,1H3,(H,11,12). The lowest BCUT2D eigenvalue weighted by Gasteiger charge is -2.00. The van der Waals surface area contributed by atoms with Crippen LogP contribution in [-0.4, -0.2) is 43.2 Å². The van der Waals surface area contributed by atoms with Crippen LogP contribution in [0.4, 0.5) is 17.6 Å². The summed E-state index contributed by atoms with van der Waals surface area (Å²) in [6.07, 6.45) is -3.35. The number of esters is 1. The summed E-state index contributed by atoms with van der Waals surface area (Å²) in [7, 11) is 2.85. The van der Waals surface area contributed by atoms with Gasteiger partial charge < -0.3 is 9.84 Å². The third-order valence-electron chi connectivity index (χ3n) is 2.85. The number of aryl methyl sites for hydroxylation is 2. The van der Waals surface area contributed by atoms with Gasteiger partial charge in [0.25, 0.3) is 12.9 Å². The van der Waals surface area contributed by atoms with Gasteiger partial charge in [0, 0.05) is 26.5 Å². The van der Waals surface area contributed by atoms with E-state index in [1.807, 2.05) is 0 Å². The minimum Gasteiger partial charge on any atom is -0.478 e. The van der Waals surface area contributed by atoms with E-state index < -0.39 is 41.7 Å². The summed E-state index contributed by atoms with van der Waals surface area (Å²) in [5.74, 6) is -2.16. The lowest BCUT2D eigenvalue weighted by atomic mass is 10.2. The first-order chi connectivity index (χ1) is 12.1. The van der Waals surface area contributed by atoms with Crippen LogP contribution < -0.4 is 0 Å². The number of carbonyl (C=O) groups excluding carboxylic acids is 1. The van der Waals surface area contributed by atoms with E-state index in [-0.39, 0.29) is 12.2 Å². The summed E-state index contributed by atoms with van der Waals surface area (Å²) in [5, 5.41) is 15.2. The first-order valence-electron chi connectivity index (χ1n) is 7.12. The van der Waals surface area contributed by atoms with Gasteiger partial charge in [-0.15, -0.1) is 0 Å². The predicted molar refractivity (Wildman–Crippen MR) is 79.2 cm³/mol. The predicted octanol–water partition coefficient (Wildman–Crippen LogP) is 2.59. The van der Waals surface area contributed by atoms with E-state index in [4.69, 9.17) is 5.11 Å². The molecule has 144 valence electrons. The summed E-state index contributed by atoms with van der Waals surface area (Å²) in [6, 6.07) is 0. The van der Waals surface area contributed by atoms with E-state index in [0.717, 1.165) is 15.6 Å². The smallest absolute Gasteiger partial charge is 0.341 e. The average Bonchev–Trinajstić information content (AvgIpc) is 3.11. The van der Waals surface area contributed by atoms with Gasteiger partial charge in [0.15, 0.2) is 0 Å². The molecule has 2 aromatic heterocycles. The number of hydrogen-bond donors (Lipinski definition) is 1. The molecule has 2 rings (SSSR count). The van der Waals surface area contributed by atoms with Gasteiger partial charge in [0.1, 0.15) is 22.5 Å². The van der Waals surface area contributed by atoms with Crippen LogP contribution in [0.5, 0.6) is 0 Å². The topological polar surface area (TPSA) is 99.2 Å². The van der Waals surface area contributed by atoms with Crippen molar-refractivity contribution in [3.05, 3.63) is 34.9 Å². The Morgan fingerprint density at radius 3 is 1.81 bits per heavy atom. The lowest BCUT2D eigenvalue weighted by molar-refractivity contribution is 0.0514. The molecule has 1 N–H and O–H groups in total. The number of aromatic nitrogens is 4. The van der Waals surface area contributed by atoms with Crippen LogP contribution in [0, 0.1) is 0 Å². The van der Waals surface area contributed by atoms with Gasteiger partial charge in [-0.05, 0) is 6.92 Å². The molecule has 0 fully saturated rings. The maximum Gasteiger partial charge on any atom is 0.341 e. The second-order valence-corrected chi connectivity index (χ2v) is 4.83. The van der Waals surface area contributed by atoms with Crippen molar-refractivity contribution in [1.82, 2.24) is 19.6 Å². The molecular weight excluding hydrogens is 364 g/mol. The Hall–Kier alpha value is -2.92. The number of carboxylic acid groups (broad SMARTS) is 1. The number of aromatic carboxylic acids is 1. The number of nitrogens with zero attached hydrogens (tertiary/aromatic N) is 4. The summed E-state index contributed by atoms with van der Waals surface area (Å²) in [5.41, 5.74) is -1.85. The minimum absolute atomic E-state index is 0.149. The Morgan fingerprint density at radius 2 is 1.46 bits per heavy atom. The van der Waals surface area contributed by atoms with Gasteiger partial charge in [-0.25, -0.2) is 27.2 Å². The molecule has 0 spiro atoms. The summed E-state index contributed by atoms with van der Waals surface area (Å²) < 4.78 is 55.7. The number of rotatable bonds is 5. The molecule has 0 aliphatic carbocycles. The highest BCUT2D eigenvalue weighted by Gasteiger charge is 2.23. The summed E-state index contributed by atoms with van der Waals surface area (Å²) >= 11 is 0. The Bertz CT molecular complexity index is 773. The largest absolute Gasteiger partial charge is 0.478 e. The van der Waals surface area contributed by atoms with Crippen molar-refractivity contribution in [1.29, 1.82) is 0 Å². The van der Waals surface area contributed by atoms with Crippen LogP contribution in [0.1, 0.15) is 51.9 Å². The van der Waals surface area contributed by atoms with Crippen molar-refractivity contribution < 1.29 is 37.0 Å². The second kappa shape index (κ2) is 8.97. The number of halogens is 4. The van der Waals surface area contributed by atoms with Crippen molar-refractivity contribution in [2.45, 2.75) is 19.8 Å². The maximum atomic E-state index is 12.4. The van der Waals surface area contributed by atoms with E-state index in [9.17, 15) is 27.2 Å². The molecule has 0 radical (unpaired) electrons. The summed E-state index contributed by atoms with van der Waals surface area (Å²) in [4.78, 5) is 21.5. The third-order valence-corrected chi connectivity index (χ3v) is 2.85. The van der Waals surface area contributed by atoms with Gasteiger partial charge in [-0.3, -0.25) is 9.36 Å². The molecule has 2 heterocycles. The van der Waals surface area contributed by atoms with Crippen molar-refractivity contribution in [3.63, 3.8) is 0 Å². The fourth-order valence-electron chi connectivity index (χ4n) is 1.86. The van der Waals surface area contributed by atoms with E-state index in [1.165, 1.54) is 20.3 Å². The highest BCUT2D eigenvalue weighted by atomic mass is 19.3. The molecule has 2 aromatic rings. The number of hydrogen-bond acceptors (Lipinski definition) is 5. The van der Waals surface area contributed by atoms with Crippen molar-refractivity contribution in [3.8, 4) is 0 Å². The molecular formula is C14H16F4N4O4. The van der Waals surface area contributed by atoms with Crippen LogP contribution in [0.15, 0.2) is 12.4 Å². The second-order valence-electron chi connectivity index (χ2n) is 4.83. The molecule has 26 heavy (non-hydrogen) atoms. The van der Waals surface area contributed by atoms with E-state index >= 15 is 0 Å². The minimum atomic E-state index is -2.85. The van der Waals surface area contributed by atoms with Gasteiger partial charge >= 0.3 is 11.9 Å². The first-order valence-corrected chi connectivity index (χ1v) is 7.12. The molecule has 0 amide bonds. The number of alkyl halides is 4. The zero-order valence-electron chi connectivity index (χ0n) is 14.0. The molecule has 0 aromatic carbocycles. The van der Waals surface area contributed by atoms with Gasteiger partial charge in [-0.1, -0.05) is 0 Å². The average molecular weight is 380 g/mol. The van der Waals surface area contributed by atoms with E-state index in [1.54, 1.807) is 6.92 Å². The van der Waals surface area contributed by atoms with Crippen LogP contribution in [0.25, 0.3) is 0 Å². The molecule has 0 aliphatic heterocycles. The Morgan fingerprint density at radius 1 is 1.04 bits per heavy atom. The molecule has 0 aliphatic rings. The Kier molecular flexibility index (Phi) is 7.28. The third kappa shape index (κ3) is 5.29. The highest BCUT2D eigenvalue weighted by Crippen LogP contribution is 2.21. The fraction of sp³-hybridized carbons (Fsp3) is 0.429. The molecule has 12 heteroatoms. The van der Waals surface area contributed by atoms with E-state index in [0.29, 0.717) is 0 Å². The van der Waals surface area contributed by atoms with Crippen LogP contribution in [0.2, 0.25) is 0 Å². The monoisotopic (exact) mass is 380 g/mol. The quantitative estimate of drug-likeness (QED) is 0.632. The van der Waals surface area contributed by atoms with Crippen LogP contribution in [-0.2, 0) is 18.8 Å². The summed E-state index contributed by atoms with van der Waals surface area (Å²) in [6.45, 7) is 1.76. The number of carbonyl (C=O) groups is 2. The van der Waals surface area contributed by atoms with E-state index in [2.05, 4.69) is 14.9 Å². The lowest BCUT2D eigenvalue weighted by Crippen LogP contribution is -2.06. The van der Waals surface area contributed by atoms with Crippen LogP contribution in [0.3, 0.4) is 0 Å². The molecule has 8 nitrogen and oxygen atoms in total. The zero-order chi connectivity index (χ0) is 20.0. The Labute approximate surface area is 145 Å². The molecule has 0 saturated carbocycles. The number of ether oxygens (including phenoxy) is 1. The molecule has 0 atom stereocenters. The number of carboxylic acids is 1. The zero-order valence-corrected chi connectivity index (χ0v) is 14.0. The van der Waals surface area contributed by atoms with Crippen LogP contribution >= 0.6 is 0 Å². The van der Waals surface area contributed by atoms with Crippen molar-refractivity contribution >= 4 is 11.9 Å². The highest BCUT2D eigenvalue weighted by molar-refractivity contribution is 5.90. The Balaban J connectivity index is 0.000000263. The fourth-order valence-corrected chi connectivity index (χ4v) is 1.86. The van der Waals surface area contributed by atoms with Gasteiger partial charge in [0.05, 0.1) is 6.61 Å².